The van der Waals surface area contributed by atoms with Gasteiger partial charge in [0, 0.05) is 44.7 Å². The molecule has 2 heterocycles. The fourth-order valence-corrected chi connectivity index (χ4v) is 9.14. The fourth-order valence-electron chi connectivity index (χ4n) is 7.28. The Bertz CT molecular complexity index is 1700. The van der Waals surface area contributed by atoms with Crippen molar-refractivity contribution < 1.29 is 28.0 Å². The highest BCUT2D eigenvalue weighted by Gasteiger charge is 2.44. The minimum atomic E-state index is -3.79. The molecule has 1 N–H and O–H groups in total. The van der Waals surface area contributed by atoms with Crippen LogP contribution in [0.5, 0.6) is 5.75 Å². The highest BCUT2D eigenvalue weighted by atomic mass is 35.5. The van der Waals surface area contributed by atoms with Crippen LogP contribution in [0.3, 0.4) is 0 Å². The van der Waals surface area contributed by atoms with E-state index in [-0.39, 0.29) is 23.0 Å². The maximum absolute atomic E-state index is 14.7. The zero-order valence-electron chi connectivity index (χ0n) is 27.8. The number of rotatable bonds is 2. The molecular formula is C35H45ClN4O6S. The predicted octanol–water partition coefficient (Wildman–Crippen LogP) is 5.76. The first-order valence-corrected chi connectivity index (χ1v) is 18.2. The summed E-state index contributed by atoms with van der Waals surface area (Å²) in [7, 11) is 1.03. The first kappa shape index (κ1) is 33.8. The van der Waals surface area contributed by atoms with E-state index >= 15 is 0 Å². The molecule has 2 bridgehead atoms. The van der Waals surface area contributed by atoms with Crippen molar-refractivity contribution in [3.8, 4) is 5.75 Å². The summed E-state index contributed by atoms with van der Waals surface area (Å²) in [6.45, 7) is 5.19. The number of anilines is 1. The number of fused-ring (bicyclic) bond motifs is 4. The number of nitrogens with one attached hydrogen (secondary N) is 1. The largest absolute Gasteiger partial charge is 0.490 e. The van der Waals surface area contributed by atoms with E-state index in [2.05, 4.69) is 26.1 Å². The second-order valence-corrected chi connectivity index (χ2v) is 16.3. The van der Waals surface area contributed by atoms with Gasteiger partial charge in [-0.25, -0.2) is 13.7 Å². The summed E-state index contributed by atoms with van der Waals surface area (Å²) >= 11 is 6.44. The number of methoxy groups -OCH3 is 1. The van der Waals surface area contributed by atoms with Gasteiger partial charge in [-0.05, 0) is 99.2 Å². The molecule has 4 aliphatic rings. The summed E-state index contributed by atoms with van der Waals surface area (Å²) in [6, 6.07) is 10.7. The van der Waals surface area contributed by atoms with Gasteiger partial charge in [-0.15, -0.1) is 4.36 Å². The molecule has 0 radical (unpaired) electrons. The Balaban J connectivity index is 1.51. The number of amides is 3. The van der Waals surface area contributed by atoms with Gasteiger partial charge >= 0.3 is 6.03 Å². The summed E-state index contributed by atoms with van der Waals surface area (Å²) < 4.78 is 40.0. The highest BCUT2D eigenvalue weighted by Crippen LogP contribution is 2.47. The molecule has 5 atom stereocenters. The van der Waals surface area contributed by atoms with E-state index < -0.39 is 27.5 Å². The van der Waals surface area contributed by atoms with Gasteiger partial charge in [0.15, 0.2) is 9.92 Å². The molecule has 12 heteroatoms. The molecule has 2 aromatic carbocycles. The number of aryl methyl sites for hydroxylation is 1. The lowest BCUT2D eigenvalue weighted by Crippen LogP contribution is -2.49. The van der Waals surface area contributed by atoms with Gasteiger partial charge in [0.1, 0.15) is 11.4 Å². The lowest BCUT2D eigenvalue weighted by molar-refractivity contribution is -0.137. The minimum absolute atomic E-state index is 0.103. The van der Waals surface area contributed by atoms with Crippen molar-refractivity contribution in [1.29, 1.82) is 0 Å². The second kappa shape index (κ2) is 13.1. The molecule has 2 aromatic rings. The lowest BCUT2D eigenvalue weighted by atomic mass is 9.68. The van der Waals surface area contributed by atoms with Crippen molar-refractivity contribution in [2.24, 2.45) is 16.2 Å². The van der Waals surface area contributed by atoms with Crippen molar-refractivity contribution in [3.05, 3.63) is 64.7 Å². The Morgan fingerprint density at radius 3 is 2.72 bits per heavy atom. The summed E-state index contributed by atoms with van der Waals surface area (Å²) in [5.41, 5.74) is 1.56. The van der Waals surface area contributed by atoms with Crippen LogP contribution in [-0.4, -0.2) is 80.3 Å². The Kier molecular flexibility index (Phi) is 9.38. The third-order valence-corrected chi connectivity index (χ3v) is 12.2. The number of carbonyl (C=O) groups excluding carboxylic acids is 2. The van der Waals surface area contributed by atoms with Crippen molar-refractivity contribution in [2.45, 2.75) is 68.0 Å². The minimum Gasteiger partial charge on any atom is -0.490 e. The first-order valence-electron chi connectivity index (χ1n) is 16.3. The molecule has 3 amide bonds. The Hall–Kier alpha value is -3.12. The van der Waals surface area contributed by atoms with E-state index in [1.54, 1.807) is 53.3 Å². The van der Waals surface area contributed by atoms with E-state index in [9.17, 15) is 13.8 Å². The van der Waals surface area contributed by atoms with Crippen LogP contribution in [0, 0.1) is 11.8 Å². The number of halogens is 1. The molecule has 1 fully saturated rings. The van der Waals surface area contributed by atoms with Gasteiger partial charge in [0.05, 0.1) is 29.9 Å². The third kappa shape index (κ3) is 6.64. The third-order valence-electron chi connectivity index (χ3n) is 10.2. The second-order valence-electron chi connectivity index (χ2n) is 13.9. The molecule has 1 unspecified atom stereocenters. The Morgan fingerprint density at radius 2 is 2.00 bits per heavy atom. The van der Waals surface area contributed by atoms with Crippen LogP contribution in [0.1, 0.15) is 50.7 Å². The van der Waals surface area contributed by atoms with Crippen molar-refractivity contribution in [1.82, 2.24) is 9.62 Å². The van der Waals surface area contributed by atoms with Gasteiger partial charge in [-0.3, -0.25) is 4.79 Å². The molecule has 6 rings (SSSR count). The average molecular weight is 685 g/mol. The quantitative estimate of drug-likeness (QED) is 0.401. The molecule has 254 valence electrons. The number of hydrogen-bond acceptors (Lipinski definition) is 7. The van der Waals surface area contributed by atoms with Crippen LogP contribution in [0.25, 0.3) is 0 Å². The summed E-state index contributed by atoms with van der Waals surface area (Å²) in [5.74, 6) is 0.534. The smallest absolute Gasteiger partial charge is 0.329 e. The maximum atomic E-state index is 14.7. The zero-order chi connectivity index (χ0) is 33.6. The van der Waals surface area contributed by atoms with E-state index in [1.165, 1.54) is 16.0 Å². The number of carbonyl (C=O) groups is 2. The zero-order valence-corrected chi connectivity index (χ0v) is 29.4. The van der Waals surface area contributed by atoms with Crippen molar-refractivity contribution >= 4 is 39.1 Å². The van der Waals surface area contributed by atoms with Crippen LogP contribution in [0.4, 0.5) is 10.5 Å². The molecule has 2 aliphatic heterocycles. The van der Waals surface area contributed by atoms with Crippen LogP contribution in [-0.2, 0) is 36.0 Å². The summed E-state index contributed by atoms with van der Waals surface area (Å²) in [6.07, 6.45) is 8.79. The van der Waals surface area contributed by atoms with Crippen molar-refractivity contribution in [3.63, 3.8) is 0 Å². The number of benzene rings is 2. The topological polar surface area (TPSA) is 110 Å². The van der Waals surface area contributed by atoms with Crippen LogP contribution < -0.4 is 14.4 Å². The fraction of sp³-hybridized carbons (Fsp3) is 0.543. The molecule has 0 aromatic heterocycles. The Labute approximate surface area is 283 Å². The van der Waals surface area contributed by atoms with Crippen LogP contribution in [0.2, 0.25) is 5.02 Å². The average Bonchev–Trinajstić information content (AvgIpc) is 3.16. The first-order chi connectivity index (χ1) is 22.3. The molecule has 0 saturated heterocycles. The lowest BCUT2D eigenvalue weighted by Gasteiger charge is -2.46. The van der Waals surface area contributed by atoms with Gasteiger partial charge in [-0.1, -0.05) is 29.8 Å². The van der Waals surface area contributed by atoms with Gasteiger partial charge in [0.2, 0.25) is 0 Å². The number of hydrogen-bond donors (Lipinski definition) is 1. The number of urea groups is 1. The number of ether oxygens (including phenoxy) is 3. The normalized spacial score (nSPS) is 30.8. The molecule has 2 aliphatic carbocycles. The SMILES string of the molecule is CO[C@H]1/C=C/COC(C)(C)C(=O)N=S(=O)(NC(=O)N(C)C)c2ccc3c(c2)N(C[C@@H]2CC[C@H]21)C[C@@]1(CCCc2cc(Cl)ccc21)CO3. The molecule has 1 spiro atoms. The van der Waals surface area contributed by atoms with E-state index in [0.29, 0.717) is 30.7 Å². The molecule has 1 saturated carbocycles. The number of nitrogens with zero attached hydrogens (tertiary/aromatic N) is 3. The van der Waals surface area contributed by atoms with Crippen LogP contribution >= 0.6 is 11.6 Å². The monoisotopic (exact) mass is 684 g/mol. The molecule has 10 nitrogen and oxygen atoms in total. The van der Waals surface area contributed by atoms with E-state index in [0.717, 1.165) is 49.4 Å². The van der Waals surface area contributed by atoms with Crippen molar-refractivity contribution in [2.75, 3.05) is 52.4 Å². The Morgan fingerprint density at radius 1 is 1.19 bits per heavy atom. The van der Waals surface area contributed by atoms with Gasteiger partial charge in [0.25, 0.3) is 5.91 Å². The van der Waals surface area contributed by atoms with Crippen LogP contribution in [0.15, 0.2) is 57.8 Å². The van der Waals surface area contributed by atoms with E-state index in [1.807, 2.05) is 18.2 Å². The standard InChI is InChI=1S/C35H45ClN4O6S/c1-34(2)32(41)37-47(43,38-33(42)39(3)4)26-12-15-31-29(19-26)40(20-24-10-13-27(24)30(44-5)9-7-17-46-34)21-35(22-45-31)16-6-8-23-18-25(36)11-14-28(23)35/h7,9,11-12,14-15,18-19,24,27,30H,6,8,10,13,16-17,20-22H2,1-5H3,(H,37,38,41,42,43)/b9-7+/t24-,27+,30-,35-,47?/m0/s1. The maximum Gasteiger partial charge on any atom is 0.329 e. The summed E-state index contributed by atoms with van der Waals surface area (Å²) in [5, 5.41) is 0.727. The highest BCUT2D eigenvalue weighted by molar-refractivity contribution is 7.92. The molecule has 47 heavy (non-hydrogen) atoms. The van der Waals surface area contributed by atoms with Gasteiger partial charge < -0.3 is 24.0 Å². The van der Waals surface area contributed by atoms with Gasteiger partial charge in [-0.2, -0.15) is 0 Å². The molecular weight excluding hydrogens is 640 g/mol. The predicted molar refractivity (Wildman–Crippen MR) is 182 cm³/mol. The van der Waals surface area contributed by atoms with E-state index in [4.69, 9.17) is 25.8 Å². The summed E-state index contributed by atoms with van der Waals surface area (Å²) in [4.78, 5) is 30.4.